The molecule has 1 saturated carbocycles. The lowest BCUT2D eigenvalue weighted by Gasteiger charge is -2.28. The summed E-state index contributed by atoms with van der Waals surface area (Å²) in [4.78, 5) is 58.0. The van der Waals surface area contributed by atoms with Crippen LogP contribution in [0.2, 0.25) is 0 Å². The number of nitrogens with zero attached hydrogens (tertiary/aromatic N) is 2. The Morgan fingerprint density at radius 2 is 1.98 bits per heavy atom. The molecule has 2 aromatic heterocycles. The van der Waals surface area contributed by atoms with E-state index in [1.165, 1.54) is 11.0 Å². The fourth-order valence-electron chi connectivity index (χ4n) is 4.64. The molecule has 1 saturated heterocycles. The van der Waals surface area contributed by atoms with E-state index in [1.807, 2.05) is 29.6 Å². The van der Waals surface area contributed by atoms with Gasteiger partial charge in [-0.3, -0.25) is 19.1 Å². The van der Waals surface area contributed by atoms with Crippen molar-refractivity contribution in [1.29, 1.82) is 0 Å². The fourth-order valence-corrected chi connectivity index (χ4v) is 6.66. The van der Waals surface area contributed by atoms with Crippen molar-refractivity contribution in [2.45, 2.75) is 43.5 Å². The number of pyridine rings is 1. The Labute approximate surface area is 254 Å². The van der Waals surface area contributed by atoms with Crippen LogP contribution in [0, 0.1) is 11.8 Å². The van der Waals surface area contributed by atoms with Crippen LogP contribution < -0.4 is 20.1 Å². The van der Waals surface area contributed by atoms with Crippen LogP contribution in [0.5, 0.6) is 5.88 Å². The third kappa shape index (κ3) is 8.32. The van der Waals surface area contributed by atoms with E-state index in [0.29, 0.717) is 18.7 Å². The molecule has 43 heavy (non-hydrogen) atoms. The molecule has 4 atom stereocenters. The SMILES string of the molecule is C=CC(C)C(NC(=O)[C@@H]1C[C@@H](COc2cccc(-c3cccs3)n2)CN1C(=O)CNC(=O)OC)C(=O)NS(=O)(=O)C1CC1. The van der Waals surface area contributed by atoms with E-state index < -0.39 is 63.6 Å². The number of aromatic nitrogens is 1. The van der Waals surface area contributed by atoms with Crippen molar-refractivity contribution in [3.63, 3.8) is 0 Å². The van der Waals surface area contributed by atoms with Crippen LogP contribution in [0.3, 0.4) is 0 Å². The Kier molecular flexibility index (Phi) is 10.4. The molecule has 3 N–H and O–H groups in total. The van der Waals surface area contributed by atoms with Gasteiger partial charge >= 0.3 is 6.09 Å². The highest BCUT2D eigenvalue weighted by molar-refractivity contribution is 7.90. The molecule has 1 aliphatic heterocycles. The summed E-state index contributed by atoms with van der Waals surface area (Å²) in [7, 11) is -2.69. The first-order chi connectivity index (χ1) is 20.5. The first-order valence-electron chi connectivity index (χ1n) is 13.8. The lowest BCUT2D eigenvalue weighted by atomic mass is 10.00. The second kappa shape index (κ2) is 14.0. The average molecular weight is 634 g/mol. The molecule has 0 spiro atoms. The van der Waals surface area contributed by atoms with Crippen LogP contribution in [0.25, 0.3) is 10.6 Å². The molecular weight excluding hydrogens is 598 g/mol. The molecule has 13 nitrogen and oxygen atoms in total. The predicted molar refractivity (Wildman–Crippen MR) is 158 cm³/mol. The van der Waals surface area contributed by atoms with Crippen LogP contribution in [0.1, 0.15) is 26.2 Å². The zero-order valence-electron chi connectivity index (χ0n) is 23.9. The third-order valence-corrected chi connectivity index (χ3v) is 9.96. The zero-order chi connectivity index (χ0) is 31.1. The van der Waals surface area contributed by atoms with Gasteiger partial charge in [0, 0.05) is 24.4 Å². The maximum Gasteiger partial charge on any atom is 0.407 e. The molecule has 2 aromatic rings. The Hall–Kier alpha value is -3.98. The van der Waals surface area contributed by atoms with Crippen molar-refractivity contribution in [3.05, 3.63) is 48.4 Å². The van der Waals surface area contributed by atoms with Gasteiger partial charge in [0.05, 0.1) is 29.5 Å². The number of alkyl carbamates (subject to hydrolysis) is 1. The summed E-state index contributed by atoms with van der Waals surface area (Å²) in [6.45, 7) is 5.15. The quantitative estimate of drug-likeness (QED) is 0.277. The Morgan fingerprint density at radius 3 is 2.63 bits per heavy atom. The minimum absolute atomic E-state index is 0.133. The number of hydrogen-bond acceptors (Lipinski definition) is 10. The lowest BCUT2D eigenvalue weighted by Crippen LogP contribution is -2.56. The number of carbonyl (C=O) groups excluding carboxylic acids is 4. The highest BCUT2D eigenvalue weighted by atomic mass is 32.2. The van der Waals surface area contributed by atoms with Crippen LogP contribution in [-0.2, 0) is 29.1 Å². The molecule has 0 aromatic carbocycles. The van der Waals surface area contributed by atoms with Gasteiger partial charge in [-0.25, -0.2) is 18.2 Å². The van der Waals surface area contributed by atoms with E-state index in [1.54, 1.807) is 24.3 Å². The summed E-state index contributed by atoms with van der Waals surface area (Å²) in [6.07, 6.45) is 1.75. The number of carbonyl (C=O) groups is 4. The summed E-state index contributed by atoms with van der Waals surface area (Å²) >= 11 is 1.55. The number of methoxy groups -OCH3 is 1. The van der Waals surface area contributed by atoms with E-state index in [9.17, 15) is 27.6 Å². The van der Waals surface area contributed by atoms with Gasteiger partial charge in [-0.2, -0.15) is 0 Å². The number of sulfonamides is 1. The minimum Gasteiger partial charge on any atom is -0.477 e. The smallest absolute Gasteiger partial charge is 0.407 e. The fraction of sp³-hybridized carbons (Fsp3) is 0.464. The lowest BCUT2D eigenvalue weighted by molar-refractivity contribution is -0.139. The topological polar surface area (TPSA) is 173 Å². The van der Waals surface area contributed by atoms with Crippen LogP contribution in [0.15, 0.2) is 48.4 Å². The predicted octanol–water partition coefficient (Wildman–Crippen LogP) is 1.68. The zero-order valence-corrected chi connectivity index (χ0v) is 25.5. The minimum atomic E-state index is -3.85. The summed E-state index contributed by atoms with van der Waals surface area (Å²) < 4.78 is 37.3. The Balaban J connectivity index is 1.47. The maximum absolute atomic E-state index is 13.6. The maximum atomic E-state index is 13.6. The molecule has 15 heteroatoms. The van der Waals surface area contributed by atoms with Gasteiger partial charge in [0.15, 0.2) is 0 Å². The van der Waals surface area contributed by atoms with Gasteiger partial charge in [0.2, 0.25) is 27.7 Å². The van der Waals surface area contributed by atoms with Gasteiger partial charge in [0.25, 0.3) is 5.91 Å². The van der Waals surface area contributed by atoms with Crippen molar-refractivity contribution < 1.29 is 37.1 Å². The molecule has 2 fully saturated rings. The van der Waals surface area contributed by atoms with Crippen LogP contribution in [-0.4, -0.2) is 86.3 Å². The first kappa shape index (κ1) is 31.9. The van der Waals surface area contributed by atoms with Gasteiger partial charge in [-0.05, 0) is 36.8 Å². The van der Waals surface area contributed by atoms with E-state index in [2.05, 4.69) is 31.7 Å². The summed E-state index contributed by atoms with van der Waals surface area (Å²) in [5, 5.41) is 6.27. The number of likely N-dealkylation sites (tertiary alicyclic amines) is 1. The largest absolute Gasteiger partial charge is 0.477 e. The molecule has 0 bridgehead atoms. The second-order valence-electron chi connectivity index (χ2n) is 10.4. The van der Waals surface area contributed by atoms with Crippen molar-refractivity contribution >= 4 is 45.2 Å². The van der Waals surface area contributed by atoms with E-state index >= 15 is 0 Å². The molecule has 3 heterocycles. The normalized spacial score (nSPS) is 19.5. The standard InChI is InChI=1S/C28H35N5O8S2/c1-4-17(2)25(27(36)32-43(38,39)19-10-11-19)31-26(35)21-13-18(15-33(21)24(34)14-29-28(37)40-3)16-41-23-9-5-7-20(30-23)22-8-6-12-42-22/h4-9,12,17-19,21,25H,1,10-11,13-16H2,2-3H3,(H,29,37)(H,31,35)(H,32,36)/t17?,18-,21+,25?/m1/s1. The molecule has 0 radical (unpaired) electrons. The van der Waals surface area contributed by atoms with Crippen molar-refractivity contribution in [2.24, 2.45) is 11.8 Å². The number of hydrogen-bond donors (Lipinski definition) is 3. The van der Waals surface area contributed by atoms with Crippen molar-refractivity contribution in [2.75, 3.05) is 26.8 Å². The number of amides is 4. The molecule has 4 amide bonds. The molecule has 4 rings (SSSR count). The summed E-state index contributed by atoms with van der Waals surface area (Å²) in [5.74, 6) is -2.59. The van der Waals surface area contributed by atoms with E-state index in [0.717, 1.165) is 17.7 Å². The number of thiophene rings is 1. The monoisotopic (exact) mass is 633 g/mol. The average Bonchev–Trinajstić information content (AvgIpc) is 3.56. The molecule has 1 aliphatic carbocycles. The van der Waals surface area contributed by atoms with E-state index in [-0.39, 0.29) is 25.5 Å². The van der Waals surface area contributed by atoms with Gasteiger partial charge in [-0.15, -0.1) is 17.9 Å². The highest BCUT2D eigenvalue weighted by Crippen LogP contribution is 2.29. The van der Waals surface area contributed by atoms with Crippen molar-refractivity contribution in [3.8, 4) is 16.5 Å². The summed E-state index contributed by atoms with van der Waals surface area (Å²) in [5.41, 5.74) is 0.756. The molecular formula is C28H35N5O8S2. The van der Waals surface area contributed by atoms with Crippen molar-refractivity contribution in [1.82, 2.24) is 25.2 Å². The summed E-state index contributed by atoms with van der Waals surface area (Å²) in [6, 6.07) is 7.03. The van der Waals surface area contributed by atoms with E-state index in [4.69, 9.17) is 4.74 Å². The number of rotatable bonds is 13. The second-order valence-corrected chi connectivity index (χ2v) is 13.4. The number of nitrogens with one attached hydrogen (secondary N) is 3. The molecule has 2 aliphatic rings. The highest BCUT2D eigenvalue weighted by Gasteiger charge is 2.43. The van der Waals surface area contributed by atoms with Gasteiger partial charge in [0.1, 0.15) is 18.6 Å². The Bertz CT molecular complexity index is 1440. The Morgan fingerprint density at radius 1 is 1.21 bits per heavy atom. The van der Waals surface area contributed by atoms with Crippen LogP contribution >= 0.6 is 11.3 Å². The first-order valence-corrected chi connectivity index (χ1v) is 16.2. The van der Waals surface area contributed by atoms with Gasteiger partial charge < -0.3 is 25.0 Å². The molecule has 232 valence electrons. The third-order valence-electron chi connectivity index (χ3n) is 7.23. The van der Waals surface area contributed by atoms with Gasteiger partial charge in [-0.1, -0.05) is 25.1 Å². The number of ether oxygens (including phenoxy) is 2. The van der Waals surface area contributed by atoms with Crippen LogP contribution in [0.4, 0.5) is 4.79 Å². The molecule has 2 unspecified atom stereocenters.